The van der Waals surface area contributed by atoms with Crippen LogP contribution in [0.3, 0.4) is 0 Å². The maximum Gasteiger partial charge on any atom is 0.264 e. The fraction of sp³-hybridized carbons (Fsp3) is 0.286. The topological polar surface area (TPSA) is 77.2 Å². The van der Waals surface area contributed by atoms with E-state index in [1.54, 1.807) is 18.2 Å². The molecule has 2 aromatic rings. The van der Waals surface area contributed by atoms with Crippen LogP contribution in [0.2, 0.25) is 0 Å². The molecule has 1 heterocycles. The maximum absolute atomic E-state index is 11.8. The first-order valence-electron chi connectivity index (χ1n) is 6.33. The van der Waals surface area contributed by atoms with E-state index in [1.807, 2.05) is 19.9 Å². The number of hydrogen-bond donors (Lipinski definition) is 2. The first kappa shape index (κ1) is 14.3. The molecule has 1 aromatic carbocycles. The highest BCUT2D eigenvalue weighted by atomic mass is 32.1. The van der Waals surface area contributed by atoms with Gasteiger partial charge in [-0.1, -0.05) is 19.1 Å². The molecule has 0 bridgehead atoms. The number of nitrogens with one attached hydrogen (secondary N) is 1. The normalized spacial score (nSPS) is 10.3. The van der Waals surface area contributed by atoms with Crippen LogP contribution < -0.4 is 15.8 Å². The van der Waals surface area contributed by atoms with Crippen LogP contribution in [0.5, 0.6) is 5.75 Å². The van der Waals surface area contributed by atoms with Crippen LogP contribution in [0.15, 0.2) is 24.3 Å². The first-order valence-corrected chi connectivity index (χ1v) is 7.15. The first-order chi connectivity index (χ1) is 9.60. The molecule has 1 aromatic heterocycles. The van der Waals surface area contributed by atoms with Gasteiger partial charge < -0.3 is 10.5 Å². The summed E-state index contributed by atoms with van der Waals surface area (Å²) in [6.07, 6.45) is 0.856. The second-order valence-corrected chi connectivity index (χ2v) is 5.45. The van der Waals surface area contributed by atoms with E-state index < -0.39 is 0 Å². The van der Waals surface area contributed by atoms with Crippen molar-refractivity contribution >= 4 is 28.1 Å². The predicted molar refractivity (Wildman–Crippen MR) is 81.2 cm³/mol. The largest absolute Gasteiger partial charge is 0.482 e. The summed E-state index contributed by atoms with van der Waals surface area (Å²) >= 11 is 1.47. The van der Waals surface area contributed by atoms with Gasteiger partial charge in [0.2, 0.25) is 0 Å². The number of thiazole rings is 1. The summed E-state index contributed by atoms with van der Waals surface area (Å²) in [6, 6.07) is 7.07. The van der Waals surface area contributed by atoms with Gasteiger partial charge in [-0.25, -0.2) is 4.98 Å². The molecule has 0 saturated heterocycles. The zero-order valence-corrected chi connectivity index (χ0v) is 12.3. The fourth-order valence-corrected chi connectivity index (χ4v) is 2.64. The van der Waals surface area contributed by atoms with Gasteiger partial charge in [0.1, 0.15) is 5.75 Å². The van der Waals surface area contributed by atoms with E-state index in [9.17, 15) is 4.79 Å². The summed E-state index contributed by atoms with van der Waals surface area (Å²) in [5.41, 5.74) is 7.26. The molecule has 2 rings (SSSR count). The van der Waals surface area contributed by atoms with Crippen molar-refractivity contribution in [3.8, 4) is 5.75 Å². The maximum atomic E-state index is 11.8. The Bertz CT molecular complexity index is 610. The standard InChI is InChI=1S/C14H17N3O2S/c1-3-11-9(2)20-14(16-11)17-13(18)8-19-12-7-5-4-6-10(12)15/h4-7H,3,8,15H2,1-2H3,(H,16,17,18). The van der Waals surface area contributed by atoms with Crippen molar-refractivity contribution in [2.45, 2.75) is 20.3 Å². The summed E-state index contributed by atoms with van der Waals surface area (Å²) < 4.78 is 5.37. The second kappa shape index (κ2) is 6.38. The number of anilines is 2. The minimum absolute atomic E-state index is 0.0890. The molecule has 0 fully saturated rings. The summed E-state index contributed by atoms with van der Waals surface area (Å²) in [7, 11) is 0. The number of amides is 1. The van der Waals surface area contributed by atoms with E-state index in [2.05, 4.69) is 10.3 Å². The molecule has 6 heteroatoms. The number of aromatic nitrogens is 1. The molecule has 0 spiro atoms. The minimum Gasteiger partial charge on any atom is -0.482 e. The molecule has 3 N–H and O–H groups in total. The van der Waals surface area contributed by atoms with Crippen LogP contribution in [0.1, 0.15) is 17.5 Å². The highest BCUT2D eigenvalue weighted by molar-refractivity contribution is 7.15. The van der Waals surface area contributed by atoms with E-state index in [1.165, 1.54) is 11.3 Å². The lowest BCUT2D eigenvalue weighted by molar-refractivity contribution is -0.118. The molecule has 0 atom stereocenters. The number of carbonyl (C=O) groups excluding carboxylic acids is 1. The number of carbonyl (C=O) groups is 1. The van der Waals surface area contributed by atoms with Crippen molar-refractivity contribution in [1.82, 2.24) is 4.98 Å². The lowest BCUT2D eigenvalue weighted by Crippen LogP contribution is -2.20. The van der Waals surface area contributed by atoms with E-state index in [-0.39, 0.29) is 12.5 Å². The minimum atomic E-state index is -0.246. The lowest BCUT2D eigenvalue weighted by atomic mass is 10.3. The van der Waals surface area contributed by atoms with Gasteiger partial charge in [-0.05, 0) is 25.5 Å². The number of nitrogens with two attached hydrogens (primary N) is 1. The smallest absolute Gasteiger partial charge is 0.264 e. The zero-order chi connectivity index (χ0) is 14.5. The Morgan fingerprint density at radius 1 is 1.45 bits per heavy atom. The van der Waals surface area contributed by atoms with Gasteiger partial charge >= 0.3 is 0 Å². The molecular weight excluding hydrogens is 274 g/mol. The van der Waals surface area contributed by atoms with Gasteiger partial charge in [-0.2, -0.15) is 0 Å². The monoisotopic (exact) mass is 291 g/mol. The Morgan fingerprint density at radius 3 is 2.85 bits per heavy atom. The average Bonchev–Trinajstić information content (AvgIpc) is 2.77. The Balaban J connectivity index is 1.91. The Kier molecular flexibility index (Phi) is 4.57. The highest BCUT2D eigenvalue weighted by Crippen LogP contribution is 2.23. The van der Waals surface area contributed by atoms with Gasteiger partial charge in [0.05, 0.1) is 11.4 Å². The van der Waals surface area contributed by atoms with Crippen LogP contribution in [0.25, 0.3) is 0 Å². The number of para-hydroxylation sites is 2. The SMILES string of the molecule is CCc1nc(NC(=O)COc2ccccc2N)sc1C. The van der Waals surface area contributed by atoms with E-state index in [0.717, 1.165) is 17.0 Å². The zero-order valence-electron chi connectivity index (χ0n) is 11.5. The number of hydrogen-bond acceptors (Lipinski definition) is 5. The van der Waals surface area contributed by atoms with Crippen molar-refractivity contribution in [2.75, 3.05) is 17.7 Å². The van der Waals surface area contributed by atoms with Gasteiger partial charge in [-0.15, -0.1) is 11.3 Å². The molecular formula is C14H17N3O2S. The van der Waals surface area contributed by atoms with Crippen molar-refractivity contribution in [3.63, 3.8) is 0 Å². The molecule has 0 aliphatic carbocycles. The molecule has 5 nitrogen and oxygen atoms in total. The van der Waals surface area contributed by atoms with Gasteiger partial charge in [-0.3, -0.25) is 10.1 Å². The predicted octanol–water partition coefficient (Wildman–Crippen LogP) is 2.61. The Labute approximate surface area is 121 Å². The quantitative estimate of drug-likeness (QED) is 0.830. The highest BCUT2D eigenvalue weighted by Gasteiger charge is 2.10. The molecule has 20 heavy (non-hydrogen) atoms. The third-order valence-corrected chi connectivity index (χ3v) is 3.68. The summed E-state index contributed by atoms with van der Waals surface area (Å²) in [6.45, 7) is 3.94. The number of aryl methyl sites for hydroxylation is 2. The molecule has 0 aliphatic heterocycles. The molecule has 1 amide bonds. The third kappa shape index (κ3) is 3.48. The van der Waals surface area contributed by atoms with Crippen molar-refractivity contribution in [2.24, 2.45) is 0 Å². The second-order valence-electron chi connectivity index (χ2n) is 4.25. The fourth-order valence-electron chi connectivity index (χ4n) is 1.72. The van der Waals surface area contributed by atoms with Crippen molar-refractivity contribution < 1.29 is 9.53 Å². The molecule has 0 unspecified atom stereocenters. The van der Waals surface area contributed by atoms with Crippen molar-refractivity contribution in [1.29, 1.82) is 0 Å². The number of nitrogen functional groups attached to an aromatic ring is 1. The van der Waals surface area contributed by atoms with Gasteiger partial charge in [0.25, 0.3) is 5.91 Å². The number of benzene rings is 1. The van der Waals surface area contributed by atoms with E-state index in [4.69, 9.17) is 10.5 Å². The number of rotatable bonds is 5. The van der Waals surface area contributed by atoms with Crippen LogP contribution in [0.4, 0.5) is 10.8 Å². The number of ether oxygens (including phenoxy) is 1. The summed E-state index contributed by atoms with van der Waals surface area (Å²) in [4.78, 5) is 17.3. The van der Waals surface area contributed by atoms with Gasteiger partial charge in [0, 0.05) is 4.88 Å². The van der Waals surface area contributed by atoms with Crippen LogP contribution >= 0.6 is 11.3 Å². The lowest BCUT2D eigenvalue weighted by Gasteiger charge is -2.07. The van der Waals surface area contributed by atoms with Crippen molar-refractivity contribution in [3.05, 3.63) is 34.8 Å². The molecule has 0 aliphatic rings. The molecule has 0 saturated carbocycles. The van der Waals surface area contributed by atoms with E-state index >= 15 is 0 Å². The average molecular weight is 291 g/mol. The van der Waals surface area contributed by atoms with Crippen LogP contribution in [-0.2, 0) is 11.2 Å². The molecule has 106 valence electrons. The van der Waals surface area contributed by atoms with Gasteiger partial charge in [0.15, 0.2) is 11.7 Å². The number of nitrogens with zero attached hydrogens (tertiary/aromatic N) is 1. The Hall–Kier alpha value is -2.08. The summed E-state index contributed by atoms with van der Waals surface area (Å²) in [5, 5.41) is 3.34. The van der Waals surface area contributed by atoms with Crippen LogP contribution in [0, 0.1) is 6.92 Å². The third-order valence-electron chi connectivity index (χ3n) is 2.75. The summed E-state index contributed by atoms with van der Waals surface area (Å²) in [5.74, 6) is 0.261. The Morgan fingerprint density at radius 2 is 2.20 bits per heavy atom. The van der Waals surface area contributed by atoms with E-state index in [0.29, 0.717) is 16.6 Å². The van der Waals surface area contributed by atoms with Crippen LogP contribution in [-0.4, -0.2) is 17.5 Å². The molecule has 0 radical (unpaired) electrons.